The van der Waals surface area contributed by atoms with Crippen LogP contribution in [0.25, 0.3) is 5.69 Å². The molecule has 0 spiro atoms. The zero-order chi connectivity index (χ0) is 15.5. The minimum atomic E-state index is -1.01. The van der Waals surface area contributed by atoms with Gasteiger partial charge in [0.2, 0.25) is 0 Å². The van der Waals surface area contributed by atoms with Gasteiger partial charge in [0.05, 0.1) is 5.69 Å². The second-order valence-corrected chi connectivity index (χ2v) is 5.65. The SMILES string of the molecule is CC(C)(CCc1cc(N)ccc1-n1cccn1)NC(=O)O. The van der Waals surface area contributed by atoms with Crippen LogP contribution in [-0.2, 0) is 6.42 Å². The number of aryl methyl sites for hydroxylation is 1. The van der Waals surface area contributed by atoms with Crippen molar-refractivity contribution in [3.8, 4) is 5.69 Å². The van der Waals surface area contributed by atoms with Gasteiger partial charge in [0, 0.05) is 23.6 Å². The molecule has 112 valence electrons. The first kappa shape index (κ1) is 14.9. The molecular weight excluding hydrogens is 268 g/mol. The molecule has 0 unspecified atom stereocenters. The van der Waals surface area contributed by atoms with Gasteiger partial charge in [-0.25, -0.2) is 9.48 Å². The van der Waals surface area contributed by atoms with Crippen LogP contribution in [0, 0.1) is 0 Å². The van der Waals surface area contributed by atoms with E-state index in [1.165, 1.54) is 0 Å². The van der Waals surface area contributed by atoms with Crippen LogP contribution in [-0.4, -0.2) is 26.5 Å². The molecule has 1 aromatic heterocycles. The molecule has 6 nitrogen and oxygen atoms in total. The van der Waals surface area contributed by atoms with Gasteiger partial charge >= 0.3 is 6.09 Å². The van der Waals surface area contributed by atoms with E-state index in [2.05, 4.69) is 10.4 Å². The highest BCUT2D eigenvalue weighted by Crippen LogP contribution is 2.22. The lowest BCUT2D eigenvalue weighted by atomic mass is 9.94. The summed E-state index contributed by atoms with van der Waals surface area (Å²) in [6.07, 6.45) is 3.94. The normalized spacial score (nSPS) is 11.3. The minimum Gasteiger partial charge on any atom is -0.465 e. The predicted molar refractivity (Wildman–Crippen MR) is 81.5 cm³/mol. The first-order chi connectivity index (χ1) is 9.87. The van der Waals surface area contributed by atoms with Gasteiger partial charge in [-0.2, -0.15) is 5.10 Å². The van der Waals surface area contributed by atoms with E-state index < -0.39 is 11.6 Å². The Bertz CT molecular complexity index is 621. The highest BCUT2D eigenvalue weighted by Gasteiger charge is 2.20. The summed E-state index contributed by atoms with van der Waals surface area (Å²) in [6, 6.07) is 7.53. The highest BCUT2D eigenvalue weighted by atomic mass is 16.4. The van der Waals surface area contributed by atoms with Crippen molar-refractivity contribution in [3.05, 3.63) is 42.2 Å². The average molecular weight is 288 g/mol. The van der Waals surface area contributed by atoms with Crippen LogP contribution < -0.4 is 11.1 Å². The number of nitrogens with zero attached hydrogens (tertiary/aromatic N) is 2. The monoisotopic (exact) mass is 288 g/mol. The Morgan fingerprint density at radius 2 is 2.24 bits per heavy atom. The maximum atomic E-state index is 10.8. The van der Waals surface area contributed by atoms with Crippen LogP contribution in [0.1, 0.15) is 25.8 Å². The van der Waals surface area contributed by atoms with Crippen molar-refractivity contribution in [2.45, 2.75) is 32.2 Å². The third-order valence-corrected chi connectivity index (χ3v) is 3.32. The molecule has 0 atom stereocenters. The molecule has 0 aliphatic rings. The zero-order valence-electron chi connectivity index (χ0n) is 12.2. The summed E-state index contributed by atoms with van der Waals surface area (Å²) >= 11 is 0. The summed E-state index contributed by atoms with van der Waals surface area (Å²) in [7, 11) is 0. The van der Waals surface area contributed by atoms with Crippen LogP contribution >= 0.6 is 0 Å². The van der Waals surface area contributed by atoms with Crippen LogP contribution in [0.2, 0.25) is 0 Å². The molecule has 0 saturated heterocycles. The Morgan fingerprint density at radius 3 is 2.86 bits per heavy atom. The molecule has 0 fully saturated rings. The average Bonchev–Trinajstić information content (AvgIpc) is 2.89. The molecule has 1 heterocycles. The van der Waals surface area contributed by atoms with Gasteiger partial charge in [0.15, 0.2) is 0 Å². The maximum absolute atomic E-state index is 10.8. The number of nitrogens with two attached hydrogens (primary N) is 1. The number of benzene rings is 1. The fourth-order valence-electron chi connectivity index (χ4n) is 2.24. The maximum Gasteiger partial charge on any atom is 0.405 e. The highest BCUT2D eigenvalue weighted by molar-refractivity contribution is 5.65. The summed E-state index contributed by atoms with van der Waals surface area (Å²) in [5, 5.41) is 15.6. The first-order valence-corrected chi connectivity index (χ1v) is 6.77. The largest absolute Gasteiger partial charge is 0.465 e. The van der Waals surface area contributed by atoms with Gasteiger partial charge in [0.25, 0.3) is 0 Å². The Labute approximate surface area is 123 Å². The number of rotatable bonds is 5. The van der Waals surface area contributed by atoms with E-state index in [1.807, 2.05) is 44.3 Å². The molecule has 1 amide bonds. The molecule has 0 bridgehead atoms. The van der Waals surface area contributed by atoms with Crippen molar-refractivity contribution in [3.63, 3.8) is 0 Å². The van der Waals surface area contributed by atoms with Gasteiger partial charge in [-0.1, -0.05) is 0 Å². The number of aromatic nitrogens is 2. The fourth-order valence-corrected chi connectivity index (χ4v) is 2.24. The van der Waals surface area contributed by atoms with E-state index >= 15 is 0 Å². The second kappa shape index (κ2) is 5.87. The Kier molecular flexibility index (Phi) is 4.16. The van der Waals surface area contributed by atoms with Crippen molar-refractivity contribution in [2.24, 2.45) is 0 Å². The number of carbonyl (C=O) groups is 1. The van der Waals surface area contributed by atoms with E-state index in [-0.39, 0.29) is 0 Å². The molecular formula is C15H20N4O2. The third kappa shape index (κ3) is 3.98. The number of nitrogen functional groups attached to an aromatic ring is 1. The Morgan fingerprint density at radius 1 is 1.48 bits per heavy atom. The Hall–Kier alpha value is -2.50. The first-order valence-electron chi connectivity index (χ1n) is 6.77. The number of nitrogens with one attached hydrogen (secondary N) is 1. The summed E-state index contributed by atoms with van der Waals surface area (Å²) in [5.74, 6) is 0. The van der Waals surface area contributed by atoms with Crippen LogP contribution in [0.15, 0.2) is 36.7 Å². The third-order valence-electron chi connectivity index (χ3n) is 3.32. The van der Waals surface area contributed by atoms with E-state index in [1.54, 1.807) is 10.9 Å². The van der Waals surface area contributed by atoms with Crippen LogP contribution in [0.4, 0.5) is 10.5 Å². The number of hydrogen-bond acceptors (Lipinski definition) is 3. The van der Waals surface area contributed by atoms with Gasteiger partial charge in [-0.3, -0.25) is 0 Å². The van der Waals surface area contributed by atoms with Gasteiger partial charge in [-0.15, -0.1) is 0 Å². The number of hydrogen-bond donors (Lipinski definition) is 3. The lowest BCUT2D eigenvalue weighted by Gasteiger charge is -2.25. The lowest BCUT2D eigenvalue weighted by Crippen LogP contribution is -2.42. The van der Waals surface area contributed by atoms with Crippen molar-refractivity contribution in [1.29, 1.82) is 0 Å². The molecule has 4 N–H and O–H groups in total. The minimum absolute atomic E-state index is 0.502. The van der Waals surface area contributed by atoms with Crippen molar-refractivity contribution in [1.82, 2.24) is 15.1 Å². The number of amides is 1. The molecule has 1 aromatic carbocycles. The van der Waals surface area contributed by atoms with E-state index in [4.69, 9.17) is 10.8 Å². The topological polar surface area (TPSA) is 93.2 Å². The van der Waals surface area contributed by atoms with Gasteiger partial charge in [-0.05, 0) is 56.5 Å². The smallest absolute Gasteiger partial charge is 0.405 e. The molecule has 0 radical (unpaired) electrons. The van der Waals surface area contributed by atoms with Crippen LogP contribution in [0.5, 0.6) is 0 Å². The molecule has 0 aliphatic heterocycles. The summed E-state index contributed by atoms with van der Waals surface area (Å²) < 4.78 is 1.78. The summed E-state index contributed by atoms with van der Waals surface area (Å²) in [4.78, 5) is 10.8. The van der Waals surface area contributed by atoms with Crippen molar-refractivity contribution >= 4 is 11.8 Å². The molecule has 2 aromatic rings. The standard InChI is InChI=1S/C15H20N4O2/c1-15(2,18-14(20)21)7-6-11-10-12(16)4-5-13(11)19-9-3-8-17-19/h3-5,8-10,18H,6-7,16H2,1-2H3,(H,20,21). The quantitative estimate of drug-likeness (QED) is 0.737. The number of anilines is 1. The molecule has 2 rings (SSSR count). The van der Waals surface area contributed by atoms with E-state index in [0.717, 1.165) is 11.3 Å². The van der Waals surface area contributed by atoms with E-state index in [0.29, 0.717) is 18.5 Å². The zero-order valence-corrected chi connectivity index (χ0v) is 12.2. The summed E-state index contributed by atoms with van der Waals surface area (Å²) in [6.45, 7) is 3.72. The van der Waals surface area contributed by atoms with Crippen molar-refractivity contribution < 1.29 is 9.90 Å². The van der Waals surface area contributed by atoms with Gasteiger partial charge in [0.1, 0.15) is 0 Å². The predicted octanol–water partition coefficient (Wildman–Crippen LogP) is 2.43. The molecule has 6 heteroatoms. The summed E-state index contributed by atoms with van der Waals surface area (Å²) in [5.41, 5.74) is 8.04. The molecule has 0 aliphatic carbocycles. The van der Waals surface area contributed by atoms with Gasteiger partial charge < -0.3 is 16.2 Å². The lowest BCUT2D eigenvalue weighted by molar-refractivity contribution is 0.180. The Balaban J connectivity index is 2.20. The van der Waals surface area contributed by atoms with E-state index in [9.17, 15) is 4.79 Å². The molecule has 21 heavy (non-hydrogen) atoms. The second-order valence-electron chi connectivity index (χ2n) is 5.65. The van der Waals surface area contributed by atoms with Crippen LogP contribution in [0.3, 0.4) is 0 Å². The van der Waals surface area contributed by atoms with Crippen molar-refractivity contribution in [2.75, 3.05) is 5.73 Å². The molecule has 0 saturated carbocycles. The fraction of sp³-hybridized carbons (Fsp3) is 0.333. The number of carboxylic acid groups (broad SMARTS) is 1.